The summed E-state index contributed by atoms with van der Waals surface area (Å²) in [5.41, 5.74) is -0.809. The predicted molar refractivity (Wildman–Crippen MR) is 68.8 cm³/mol. The quantitative estimate of drug-likeness (QED) is 0.777. The van der Waals surface area contributed by atoms with Gasteiger partial charge in [0.05, 0.1) is 11.6 Å². The highest BCUT2D eigenvalue weighted by atomic mass is 16.3. The number of hydrogen-bond donors (Lipinski definition) is 2. The van der Waals surface area contributed by atoms with E-state index in [0.29, 0.717) is 0 Å². The average molecular weight is 242 g/mol. The number of nitrogens with one attached hydrogen (secondary N) is 1. The zero-order chi connectivity index (χ0) is 13.1. The lowest BCUT2D eigenvalue weighted by Crippen LogP contribution is -2.54. The van der Waals surface area contributed by atoms with Gasteiger partial charge in [0, 0.05) is 19.1 Å². The van der Waals surface area contributed by atoms with Gasteiger partial charge in [-0.15, -0.1) is 0 Å². The van der Waals surface area contributed by atoms with Crippen LogP contribution in [-0.2, 0) is 4.79 Å². The molecule has 0 aromatic carbocycles. The van der Waals surface area contributed by atoms with Gasteiger partial charge in [-0.1, -0.05) is 0 Å². The SMILES string of the molecule is CC(NC(C)C(C)(C)O)C(=O)N1CCCCC1. The van der Waals surface area contributed by atoms with Crippen LogP contribution in [0.5, 0.6) is 0 Å². The van der Waals surface area contributed by atoms with Crippen LogP contribution in [0.15, 0.2) is 0 Å². The molecule has 0 spiro atoms. The summed E-state index contributed by atoms with van der Waals surface area (Å²) < 4.78 is 0. The van der Waals surface area contributed by atoms with E-state index in [1.165, 1.54) is 6.42 Å². The van der Waals surface area contributed by atoms with Gasteiger partial charge in [-0.25, -0.2) is 0 Å². The molecule has 0 aromatic rings. The Labute approximate surface area is 104 Å². The van der Waals surface area contributed by atoms with Crippen LogP contribution in [0.3, 0.4) is 0 Å². The minimum atomic E-state index is -0.809. The summed E-state index contributed by atoms with van der Waals surface area (Å²) in [5, 5.41) is 13.0. The number of rotatable bonds is 4. The number of nitrogens with zero attached hydrogens (tertiary/aromatic N) is 1. The Balaban J connectivity index is 2.46. The van der Waals surface area contributed by atoms with Crippen molar-refractivity contribution >= 4 is 5.91 Å². The first kappa shape index (κ1) is 14.5. The zero-order valence-electron chi connectivity index (χ0n) is 11.5. The fourth-order valence-electron chi connectivity index (χ4n) is 2.04. The van der Waals surface area contributed by atoms with Crippen molar-refractivity contribution in [1.82, 2.24) is 10.2 Å². The first-order valence-electron chi connectivity index (χ1n) is 6.59. The smallest absolute Gasteiger partial charge is 0.239 e. The van der Waals surface area contributed by atoms with Crippen LogP contribution in [0, 0.1) is 0 Å². The molecule has 1 heterocycles. The Morgan fingerprint density at radius 3 is 2.24 bits per heavy atom. The maximum absolute atomic E-state index is 12.1. The van der Waals surface area contributed by atoms with Gasteiger partial charge in [-0.2, -0.15) is 0 Å². The van der Waals surface area contributed by atoms with Crippen molar-refractivity contribution in [2.24, 2.45) is 0 Å². The van der Waals surface area contributed by atoms with E-state index >= 15 is 0 Å². The lowest BCUT2D eigenvalue weighted by molar-refractivity contribution is -0.134. The molecule has 1 fully saturated rings. The first-order valence-corrected chi connectivity index (χ1v) is 6.59. The van der Waals surface area contributed by atoms with Crippen molar-refractivity contribution in [3.8, 4) is 0 Å². The molecule has 0 radical (unpaired) electrons. The van der Waals surface area contributed by atoms with Crippen molar-refractivity contribution in [3.05, 3.63) is 0 Å². The van der Waals surface area contributed by atoms with Gasteiger partial charge < -0.3 is 15.3 Å². The van der Waals surface area contributed by atoms with Gasteiger partial charge >= 0.3 is 0 Å². The Morgan fingerprint density at radius 2 is 1.76 bits per heavy atom. The average Bonchev–Trinajstić information content (AvgIpc) is 2.27. The van der Waals surface area contributed by atoms with E-state index < -0.39 is 5.60 Å². The molecule has 0 aliphatic carbocycles. The van der Waals surface area contributed by atoms with E-state index in [1.807, 2.05) is 18.7 Å². The lowest BCUT2D eigenvalue weighted by atomic mass is 10.00. The Kier molecular flexibility index (Phi) is 4.95. The van der Waals surface area contributed by atoms with E-state index in [0.717, 1.165) is 25.9 Å². The molecule has 100 valence electrons. The van der Waals surface area contributed by atoms with Crippen LogP contribution < -0.4 is 5.32 Å². The van der Waals surface area contributed by atoms with E-state index in [4.69, 9.17) is 0 Å². The summed E-state index contributed by atoms with van der Waals surface area (Å²) in [6, 6.07) is -0.333. The van der Waals surface area contributed by atoms with Gasteiger partial charge in [0.25, 0.3) is 0 Å². The maximum Gasteiger partial charge on any atom is 0.239 e. The Hall–Kier alpha value is -0.610. The minimum absolute atomic E-state index is 0.105. The maximum atomic E-state index is 12.1. The van der Waals surface area contributed by atoms with Crippen molar-refractivity contribution in [3.63, 3.8) is 0 Å². The molecule has 0 aromatic heterocycles. The van der Waals surface area contributed by atoms with Gasteiger partial charge in [-0.3, -0.25) is 4.79 Å². The third-order valence-electron chi connectivity index (χ3n) is 3.60. The molecule has 17 heavy (non-hydrogen) atoms. The molecule has 2 atom stereocenters. The summed E-state index contributed by atoms with van der Waals surface area (Å²) in [6.07, 6.45) is 3.45. The highest BCUT2D eigenvalue weighted by molar-refractivity contribution is 5.81. The molecule has 1 aliphatic heterocycles. The molecular formula is C13H26N2O2. The summed E-state index contributed by atoms with van der Waals surface area (Å²) in [4.78, 5) is 14.1. The largest absolute Gasteiger partial charge is 0.389 e. The van der Waals surface area contributed by atoms with Crippen LogP contribution >= 0.6 is 0 Å². The van der Waals surface area contributed by atoms with Crippen LogP contribution in [0.4, 0.5) is 0 Å². The predicted octanol–water partition coefficient (Wildman–Crippen LogP) is 1.14. The third kappa shape index (κ3) is 4.28. The van der Waals surface area contributed by atoms with Gasteiger partial charge in [0.2, 0.25) is 5.91 Å². The summed E-state index contributed by atoms with van der Waals surface area (Å²) >= 11 is 0. The van der Waals surface area contributed by atoms with E-state index in [2.05, 4.69) is 5.32 Å². The normalized spacial score (nSPS) is 21.1. The fraction of sp³-hybridized carbons (Fsp3) is 0.923. The van der Waals surface area contributed by atoms with Crippen LogP contribution in [0.25, 0.3) is 0 Å². The minimum Gasteiger partial charge on any atom is -0.389 e. The summed E-state index contributed by atoms with van der Waals surface area (Å²) in [7, 11) is 0. The van der Waals surface area contributed by atoms with E-state index in [9.17, 15) is 9.90 Å². The summed E-state index contributed by atoms with van der Waals surface area (Å²) in [6.45, 7) is 9.04. The second-order valence-electron chi connectivity index (χ2n) is 5.65. The number of carbonyl (C=O) groups excluding carboxylic acids is 1. The second kappa shape index (κ2) is 5.83. The highest BCUT2D eigenvalue weighted by Crippen LogP contribution is 2.12. The van der Waals surface area contributed by atoms with Gasteiger partial charge in [0.15, 0.2) is 0 Å². The van der Waals surface area contributed by atoms with E-state index in [1.54, 1.807) is 13.8 Å². The van der Waals surface area contributed by atoms with Crippen LogP contribution in [0.1, 0.15) is 47.0 Å². The molecule has 0 bridgehead atoms. The van der Waals surface area contributed by atoms with Gasteiger partial charge in [0.1, 0.15) is 0 Å². The molecule has 4 nitrogen and oxygen atoms in total. The number of hydrogen-bond acceptors (Lipinski definition) is 3. The van der Waals surface area contributed by atoms with Gasteiger partial charge in [-0.05, 0) is 47.0 Å². The number of likely N-dealkylation sites (tertiary alicyclic amines) is 1. The first-order chi connectivity index (χ1) is 7.82. The molecule has 1 aliphatic rings. The monoisotopic (exact) mass is 242 g/mol. The number of amides is 1. The Morgan fingerprint density at radius 1 is 1.24 bits per heavy atom. The molecule has 1 amide bonds. The molecule has 1 saturated heterocycles. The molecule has 2 unspecified atom stereocenters. The molecule has 1 rings (SSSR count). The van der Waals surface area contributed by atoms with Crippen molar-refractivity contribution in [2.75, 3.05) is 13.1 Å². The summed E-state index contributed by atoms with van der Waals surface area (Å²) in [5.74, 6) is 0.154. The number of carbonyl (C=O) groups is 1. The van der Waals surface area contributed by atoms with Crippen LogP contribution in [0.2, 0.25) is 0 Å². The lowest BCUT2D eigenvalue weighted by Gasteiger charge is -2.33. The van der Waals surface area contributed by atoms with E-state index in [-0.39, 0.29) is 18.0 Å². The number of aliphatic hydroxyl groups is 1. The molecule has 4 heteroatoms. The topological polar surface area (TPSA) is 52.6 Å². The standard InChI is InChI=1S/C13H26N2O2/c1-10(14-11(2)13(3,4)17)12(16)15-8-6-5-7-9-15/h10-11,14,17H,5-9H2,1-4H3. The third-order valence-corrected chi connectivity index (χ3v) is 3.60. The van der Waals surface area contributed by atoms with Crippen LogP contribution in [-0.4, -0.2) is 46.7 Å². The zero-order valence-corrected chi connectivity index (χ0v) is 11.5. The Bertz CT molecular complexity index is 255. The van der Waals surface area contributed by atoms with Crippen molar-refractivity contribution < 1.29 is 9.90 Å². The van der Waals surface area contributed by atoms with Crippen molar-refractivity contribution in [2.45, 2.75) is 64.6 Å². The number of piperidine rings is 1. The fourth-order valence-corrected chi connectivity index (χ4v) is 2.04. The highest BCUT2D eigenvalue weighted by Gasteiger charge is 2.28. The van der Waals surface area contributed by atoms with Crippen molar-refractivity contribution in [1.29, 1.82) is 0 Å². The molecular weight excluding hydrogens is 216 g/mol. The molecule has 0 saturated carbocycles. The molecule has 2 N–H and O–H groups in total. The second-order valence-corrected chi connectivity index (χ2v) is 5.65.